The Bertz CT molecular complexity index is 224. The van der Waals surface area contributed by atoms with Crippen LogP contribution in [-0.2, 0) is 4.79 Å². The van der Waals surface area contributed by atoms with E-state index in [2.05, 4.69) is 24.9 Å². The van der Waals surface area contributed by atoms with Gasteiger partial charge in [0.05, 0.1) is 5.25 Å². The summed E-state index contributed by atoms with van der Waals surface area (Å²) in [6.07, 6.45) is 6.53. The Morgan fingerprint density at radius 3 is 2.25 bits per heavy atom. The fourth-order valence-corrected chi connectivity index (χ4v) is 2.44. The Balaban J connectivity index is 2.37. The van der Waals surface area contributed by atoms with Crippen LogP contribution in [-0.4, -0.2) is 17.2 Å². The molecule has 1 rings (SSSR count). The molecule has 0 aliphatic heterocycles. The predicted octanol–water partition coefficient (Wildman–Crippen LogP) is 3.03. The minimum atomic E-state index is -0.175. The summed E-state index contributed by atoms with van der Waals surface area (Å²) in [5.41, 5.74) is 0. The highest BCUT2D eigenvalue weighted by Crippen LogP contribution is 2.26. The zero-order valence-electron chi connectivity index (χ0n) is 10.7. The Morgan fingerprint density at radius 1 is 1.19 bits per heavy atom. The molecule has 1 aliphatic rings. The number of hydrogen-bond acceptors (Lipinski definition) is 2. The number of rotatable bonds is 4. The highest BCUT2D eigenvalue weighted by atomic mass is 32.1. The summed E-state index contributed by atoms with van der Waals surface area (Å²) in [6.45, 7) is 6.19. The van der Waals surface area contributed by atoms with Crippen LogP contribution in [0.25, 0.3) is 0 Å². The first-order chi connectivity index (χ1) is 7.52. The molecule has 0 aromatic carbocycles. The van der Waals surface area contributed by atoms with Crippen LogP contribution in [0.5, 0.6) is 0 Å². The largest absolute Gasteiger partial charge is 0.352 e. The second-order valence-electron chi connectivity index (χ2n) is 5.38. The Morgan fingerprint density at radius 2 is 1.75 bits per heavy atom. The van der Waals surface area contributed by atoms with E-state index < -0.39 is 0 Å². The number of amides is 1. The van der Waals surface area contributed by atoms with Gasteiger partial charge in [-0.25, -0.2) is 0 Å². The van der Waals surface area contributed by atoms with Crippen molar-refractivity contribution in [2.45, 2.75) is 64.2 Å². The summed E-state index contributed by atoms with van der Waals surface area (Å²) < 4.78 is 0. The maximum absolute atomic E-state index is 11.9. The van der Waals surface area contributed by atoms with Gasteiger partial charge < -0.3 is 5.32 Å². The normalized spacial score (nSPS) is 21.8. The average Bonchev–Trinajstić information content (AvgIpc) is 2.28. The van der Waals surface area contributed by atoms with E-state index in [9.17, 15) is 4.79 Å². The SMILES string of the molecule is CC(C)C(S)C(=O)NC(C)C1CCCCC1. The maximum Gasteiger partial charge on any atom is 0.233 e. The Labute approximate surface area is 105 Å². The van der Waals surface area contributed by atoms with Crippen LogP contribution in [0.4, 0.5) is 0 Å². The molecule has 1 aliphatic carbocycles. The van der Waals surface area contributed by atoms with E-state index in [4.69, 9.17) is 0 Å². The molecule has 0 radical (unpaired) electrons. The average molecular weight is 243 g/mol. The molecular weight excluding hydrogens is 218 g/mol. The van der Waals surface area contributed by atoms with Crippen molar-refractivity contribution < 1.29 is 4.79 Å². The van der Waals surface area contributed by atoms with Crippen LogP contribution in [0, 0.1) is 11.8 Å². The summed E-state index contributed by atoms with van der Waals surface area (Å²) in [5, 5.41) is 2.94. The van der Waals surface area contributed by atoms with E-state index in [0.717, 1.165) is 0 Å². The topological polar surface area (TPSA) is 29.1 Å². The molecule has 0 aromatic rings. The molecule has 1 fully saturated rings. The summed E-state index contributed by atoms with van der Waals surface area (Å²) in [4.78, 5) is 11.9. The van der Waals surface area contributed by atoms with Gasteiger partial charge in [-0.2, -0.15) is 12.6 Å². The van der Waals surface area contributed by atoms with Gasteiger partial charge in [-0.3, -0.25) is 4.79 Å². The first-order valence-electron chi connectivity index (χ1n) is 6.50. The number of carbonyl (C=O) groups excluding carboxylic acids is 1. The lowest BCUT2D eigenvalue weighted by atomic mass is 9.84. The molecule has 94 valence electrons. The molecule has 1 saturated carbocycles. The van der Waals surface area contributed by atoms with Crippen LogP contribution in [0.2, 0.25) is 0 Å². The maximum atomic E-state index is 11.9. The highest BCUT2D eigenvalue weighted by molar-refractivity contribution is 7.81. The van der Waals surface area contributed by atoms with E-state index in [0.29, 0.717) is 17.9 Å². The molecule has 0 heterocycles. The number of nitrogens with one attached hydrogen (secondary N) is 1. The van der Waals surface area contributed by atoms with Gasteiger partial charge in [0.15, 0.2) is 0 Å². The Hall–Kier alpha value is -0.180. The summed E-state index contributed by atoms with van der Waals surface area (Å²) in [5.74, 6) is 1.06. The number of hydrogen-bond donors (Lipinski definition) is 2. The van der Waals surface area contributed by atoms with Gasteiger partial charge in [-0.05, 0) is 31.6 Å². The molecule has 1 N–H and O–H groups in total. The van der Waals surface area contributed by atoms with Crippen molar-refractivity contribution in [1.29, 1.82) is 0 Å². The fraction of sp³-hybridized carbons (Fsp3) is 0.923. The van der Waals surface area contributed by atoms with E-state index >= 15 is 0 Å². The van der Waals surface area contributed by atoms with Gasteiger partial charge in [0.25, 0.3) is 0 Å². The fourth-order valence-electron chi connectivity index (χ4n) is 2.36. The van der Waals surface area contributed by atoms with Crippen LogP contribution in [0.1, 0.15) is 52.9 Å². The zero-order chi connectivity index (χ0) is 12.1. The van der Waals surface area contributed by atoms with Crippen molar-refractivity contribution in [2.75, 3.05) is 0 Å². The molecule has 0 saturated heterocycles. The molecule has 2 atom stereocenters. The molecule has 0 bridgehead atoms. The van der Waals surface area contributed by atoms with Crippen LogP contribution in [0.15, 0.2) is 0 Å². The van der Waals surface area contributed by atoms with Gasteiger partial charge in [0, 0.05) is 6.04 Å². The highest BCUT2D eigenvalue weighted by Gasteiger charge is 2.24. The second kappa shape index (κ2) is 6.53. The molecule has 1 amide bonds. The van der Waals surface area contributed by atoms with Gasteiger partial charge in [0.2, 0.25) is 5.91 Å². The van der Waals surface area contributed by atoms with Gasteiger partial charge >= 0.3 is 0 Å². The quantitative estimate of drug-likeness (QED) is 0.730. The van der Waals surface area contributed by atoms with Crippen molar-refractivity contribution in [3.63, 3.8) is 0 Å². The van der Waals surface area contributed by atoms with E-state index in [1.54, 1.807) is 0 Å². The molecule has 2 nitrogen and oxygen atoms in total. The molecule has 3 heteroatoms. The molecule has 16 heavy (non-hydrogen) atoms. The molecular formula is C13H25NOS. The number of thiol groups is 1. The van der Waals surface area contributed by atoms with Gasteiger partial charge in [0.1, 0.15) is 0 Å². The van der Waals surface area contributed by atoms with Gasteiger partial charge in [-0.15, -0.1) is 0 Å². The molecule has 0 aromatic heterocycles. The van der Waals surface area contributed by atoms with Crippen LogP contribution < -0.4 is 5.32 Å². The lowest BCUT2D eigenvalue weighted by Crippen LogP contribution is -2.43. The Kier molecular flexibility index (Phi) is 5.67. The van der Waals surface area contributed by atoms with E-state index in [-0.39, 0.29) is 11.2 Å². The minimum absolute atomic E-state index is 0.0939. The third-order valence-electron chi connectivity index (χ3n) is 3.63. The van der Waals surface area contributed by atoms with Crippen LogP contribution in [0.3, 0.4) is 0 Å². The first kappa shape index (κ1) is 13.9. The molecule has 0 spiro atoms. The van der Waals surface area contributed by atoms with Crippen molar-refractivity contribution in [2.24, 2.45) is 11.8 Å². The van der Waals surface area contributed by atoms with Crippen molar-refractivity contribution in [3.05, 3.63) is 0 Å². The lowest BCUT2D eigenvalue weighted by molar-refractivity contribution is -0.122. The molecule has 2 unspecified atom stereocenters. The third kappa shape index (κ3) is 4.00. The predicted molar refractivity (Wildman–Crippen MR) is 71.8 cm³/mol. The summed E-state index contributed by atoms with van der Waals surface area (Å²) in [6, 6.07) is 0.307. The monoisotopic (exact) mass is 243 g/mol. The van der Waals surface area contributed by atoms with E-state index in [1.807, 2.05) is 13.8 Å². The van der Waals surface area contributed by atoms with Crippen LogP contribution >= 0.6 is 12.6 Å². The van der Waals surface area contributed by atoms with Gasteiger partial charge in [-0.1, -0.05) is 33.1 Å². The standard InChI is InChI=1S/C13H25NOS/c1-9(2)12(16)13(15)14-10(3)11-7-5-4-6-8-11/h9-12,16H,4-8H2,1-3H3,(H,14,15). The van der Waals surface area contributed by atoms with Crippen molar-refractivity contribution >= 4 is 18.5 Å². The van der Waals surface area contributed by atoms with Crippen molar-refractivity contribution in [3.8, 4) is 0 Å². The second-order valence-corrected chi connectivity index (χ2v) is 5.94. The first-order valence-corrected chi connectivity index (χ1v) is 7.02. The third-order valence-corrected chi connectivity index (χ3v) is 4.46. The zero-order valence-corrected chi connectivity index (χ0v) is 11.6. The summed E-state index contributed by atoms with van der Waals surface area (Å²) in [7, 11) is 0. The minimum Gasteiger partial charge on any atom is -0.352 e. The smallest absolute Gasteiger partial charge is 0.233 e. The van der Waals surface area contributed by atoms with E-state index in [1.165, 1.54) is 32.1 Å². The lowest BCUT2D eigenvalue weighted by Gasteiger charge is -2.29. The summed E-state index contributed by atoms with van der Waals surface area (Å²) >= 11 is 4.35. The number of carbonyl (C=O) groups is 1. The van der Waals surface area contributed by atoms with Crippen molar-refractivity contribution in [1.82, 2.24) is 5.32 Å².